The van der Waals surface area contributed by atoms with E-state index in [1.54, 1.807) is 0 Å². The first-order valence-corrected chi connectivity index (χ1v) is 7.45. The Morgan fingerprint density at radius 2 is 2.05 bits per heavy atom. The van der Waals surface area contributed by atoms with E-state index in [0.29, 0.717) is 11.6 Å². The van der Waals surface area contributed by atoms with Gasteiger partial charge in [-0.1, -0.05) is 0 Å². The van der Waals surface area contributed by atoms with Crippen LogP contribution in [0, 0.1) is 0 Å². The van der Waals surface area contributed by atoms with E-state index in [9.17, 15) is 4.79 Å². The predicted octanol–water partition coefficient (Wildman–Crippen LogP) is 2.51. The molecule has 108 valence electrons. The van der Waals surface area contributed by atoms with Crippen molar-refractivity contribution < 1.29 is 9.53 Å². The fraction of sp³-hybridized carbons (Fsp3) is 0.562. The van der Waals surface area contributed by atoms with Crippen LogP contribution in [0.2, 0.25) is 0 Å². The average molecular weight is 274 g/mol. The Morgan fingerprint density at radius 3 is 2.80 bits per heavy atom. The van der Waals surface area contributed by atoms with E-state index in [2.05, 4.69) is 10.2 Å². The van der Waals surface area contributed by atoms with E-state index in [0.717, 1.165) is 11.7 Å². The van der Waals surface area contributed by atoms with Crippen molar-refractivity contribution in [3.05, 3.63) is 29.8 Å². The van der Waals surface area contributed by atoms with Crippen LogP contribution in [0.25, 0.3) is 0 Å². The fourth-order valence-electron chi connectivity index (χ4n) is 3.41. The van der Waals surface area contributed by atoms with Crippen molar-refractivity contribution in [3.63, 3.8) is 0 Å². The first-order chi connectivity index (χ1) is 9.76. The van der Waals surface area contributed by atoms with Gasteiger partial charge in [0.15, 0.2) is 0 Å². The molecule has 2 unspecified atom stereocenters. The third kappa shape index (κ3) is 2.80. The summed E-state index contributed by atoms with van der Waals surface area (Å²) in [5.74, 6) is -0.282. The van der Waals surface area contributed by atoms with Gasteiger partial charge in [0.2, 0.25) is 0 Å². The average Bonchev–Trinajstić information content (AvgIpc) is 2.95. The number of hydrogen-bond acceptors (Lipinski definition) is 4. The molecule has 0 aromatic heterocycles. The van der Waals surface area contributed by atoms with Crippen LogP contribution in [-0.4, -0.2) is 43.2 Å². The highest BCUT2D eigenvalue weighted by molar-refractivity contribution is 5.89. The van der Waals surface area contributed by atoms with Gasteiger partial charge < -0.3 is 15.0 Å². The SMILES string of the molecule is COC(=O)c1ccc(NC2CCN3CCCC3C2)cc1. The van der Waals surface area contributed by atoms with Gasteiger partial charge in [0.05, 0.1) is 12.7 Å². The molecule has 0 spiro atoms. The molecule has 2 heterocycles. The van der Waals surface area contributed by atoms with Crippen molar-refractivity contribution in [2.45, 2.75) is 37.8 Å². The molecule has 2 aliphatic rings. The summed E-state index contributed by atoms with van der Waals surface area (Å²) >= 11 is 0. The number of nitrogens with one attached hydrogen (secondary N) is 1. The Labute approximate surface area is 120 Å². The summed E-state index contributed by atoms with van der Waals surface area (Å²) < 4.78 is 4.71. The summed E-state index contributed by atoms with van der Waals surface area (Å²) in [6, 6.07) is 8.90. The van der Waals surface area contributed by atoms with E-state index < -0.39 is 0 Å². The molecular weight excluding hydrogens is 252 g/mol. The second-order valence-electron chi connectivity index (χ2n) is 5.77. The van der Waals surface area contributed by atoms with Crippen LogP contribution in [0.1, 0.15) is 36.0 Å². The van der Waals surface area contributed by atoms with Gasteiger partial charge in [0.25, 0.3) is 0 Å². The minimum Gasteiger partial charge on any atom is -0.465 e. The topological polar surface area (TPSA) is 41.6 Å². The van der Waals surface area contributed by atoms with E-state index in [-0.39, 0.29) is 5.97 Å². The van der Waals surface area contributed by atoms with Gasteiger partial charge in [0.1, 0.15) is 0 Å². The molecule has 3 rings (SSSR count). The van der Waals surface area contributed by atoms with Crippen LogP contribution in [0.3, 0.4) is 0 Å². The lowest BCUT2D eigenvalue weighted by molar-refractivity contribution is 0.0601. The molecule has 20 heavy (non-hydrogen) atoms. The lowest BCUT2D eigenvalue weighted by Crippen LogP contribution is -2.42. The van der Waals surface area contributed by atoms with Gasteiger partial charge in [-0.2, -0.15) is 0 Å². The molecule has 0 radical (unpaired) electrons. The van der Waals surface area contributed by atoms with Crippen molar-refractivity contribution in [3.8, 4) is 0 Å². The van der Waals surface area contributed by atoms with Crippen LogP contribution in [0.5, 0.6) is 0 Å². The number of carbonyl (C=O) groups is 1. The number of ether oxygens (including phenoxy) is 1. The summed E-state index contributed by atoms with van der Waals surface area (Å²) in [6.07, 6.45) is 5.14. The summed E-state index contributed by atoms with van der Waals surface area (Å²) in [7, 11) is 1.41. The van der Waals surface area contributed by atoms with E-state index >= 15 is 0 Å². The van der Waals surface area contributed by atoms with Crippen molar-refractivity contribution in [1.82, 2.24) is 4.90 Å². The Hall–Kier alpha value is -1.55. The maximum absolute atomic E-state index is 11.4. The highest BCUT2D eigenvalue weighted by atomic mass is 16.5. The standard InChI is InChI=1S/C16H22N2O2/c1-20-16(19)12-4-6-13(7-5-12)17-14-8-10-18-9-2-3-15(18)11-14/h4-7,14-15,17H,2-3,8-11H2,1H3. The van der Waals surface area contributed by atoms with Crippen LogP contribution in [0.15, 0.2) is 24.3 Å². The Bertz CT molecular complexity index is 472. The molecule has 0 saturated carbocycles. The molecule has 1 aromatic rings. The van der Waals surface area contributed by atoms with Crippen LogP contribution in [-0.2, 0) is 4.74 Å². The Morgan fingerprint density at radius 1 is 1.25 bits per heavy atom. The predicted molar refractivity (Wildman–Crippen MR) is 79.0 cm³/mol. The first-order valence-electron chi connectivity index (χ1n) is 7.45. The largest absolute Gasteiger partial charge is 0.465 e. The number of benzene rings is 1. The lowest BCUT2D eigenvalue weighted by atomic mass is 9.97. The summed E-state index contributed by atoms with van der Waals surface area (Å²) in [4.78, 5) is 14.0. The number of piperidine rings is 1. The lowest BCUT2D eigenvalue weighted by Gasteiger charge is -2.35. The zero-order valence-corrected chi connectivity index (χ0v) is 12.0. The van der Waals surface area contributed by atoms with Crippen molar-refractivity contribution in [1.29, 1.82) is 0 Å². The van der Waals surface area contributed by atoms with E-state index in [1.807, 2.05) is 24.3 Å². The van der Waals surface area contributed by atoms with Gasteiger partial charge >= 0.3 is 5.97 Å². The summed E-state index contributed by atoms with van der Waals surface area (Å²) in [6.45, 7) is 2.49. The molecule has 1 aromatic carbocycles. The van der Waals surface area contributed by atoms with Crippen molar-refractivity contribution in [2.75, 3.05) is 25.5 Å². The number of methoxy groups -OCH3 is 1. The fourth-order valence-corrected chi connectivity index (χ4v) is 3.41. The minimum absolute atomic E-state index is 0.282. The molecular formula is C16H22N2O2. The zero-order valence-electron chi connectivity index (χ0n) is 12.0. The van der Waals surface area contributed by atoms with E-state index in [1.165, 1.54) is 45.9 Å². The second-order valence-corrected chi connectivity index (χ2v) is 5.77. The van der Waals surface area contributed by atoms with Gasteiger partial charge in [0, 0.05) is 24.3 Å². The normalized spacial score (nSPS) is 26.1. The third-order valence-corrected chi connectivity index (χ3v) is 4.50. The highest BCUT2D eigenvalue weighted by Gasteiger charge is 2.31. The second kappa shape index (κ2) is 5.83. The molecule has 2 saturated heterocycles. The molecule has 0 aliphatic carbocycles. The number of hydrogen-bond donors (Lipinski definition) is 1. The van der Waals surface area contributed by atoms with Gasteiger partial charge in [-0.3, -0.25) is 0 Å². The highest BCUT2D eigenvalue weighted by Crippen LogP contribution is 2.28. The molecule has 1 N–H and O–H groups in total. The van der Waals surface area contributed by atoms with Crippen LogP contribution in [0.4, 0.5) is 5.69 Å². The van der Waals surface area contributed by atoms with E-state index in [4.69, 9.17) is 4.74 Å². The number of esters is 1. The maximum atomic E-state index is 11.4. The molecule has 2 aliphatic heterocycles. The zero-order chi connectivity index (χ0) is 13.9. The molecule has 4 heteroatoms. The Kier molecular flexibility index (Phi) is 3.92. The molecule has 4 nitrogen and oxygen atoms in total. The summed E-state index contributed by atoms with van der Waals surface area (Å²) in [5.41, 5.74) is 1.69. The Balaban J connectivity index is 1.59. The summed E-state index contributed by atoms with van der Waals surface area (Å²) in [5, 5.41) is 3.60. The number of nitrogens with zero attached hydrogens (tertiary/aromatic N) is 1. The van der Waals surface area contributed by atoms with Crippen molar-refractivity contribution >= 4 is 11.7 Å². The number of anilines is 1. The first kappa shape index (κ1) is 13.4. The van der Waals surface area contributed by atoms with Crippen LogP contribution < -0.4 is 5.32 Å². The number of rotatable bonds is 3. The van der Waals surface area contributed by atoms with Gasteiger partial charge in [-0.15, -0.1) is 0 Å². The smallest absolute Gasteiger partial charge is 0.337 e. The molecule has 2 atom stereocenters. The molecule has 0 bridgehead atoms. The number of fused-ring (bicyclic) bond motifs is 1. The quantitative estimate of drug-likeness (QED) is 0.860. The minimum atomic E-state index is -0.282. The maximum Gasteiger partial charge on any atom is 0.337 e. The van der Waals surface area contributed by atoms with Gasteiger partial charge in [-0.05, 0) is 56.5 Å². The van der Waals surface area contributed by atoms with Crippen LogP contribution >= 0.6 is 0 Å². The van der Waals surface area contributed by atoms with Crippen molar-refractivity contribution in [2.24, 2.45) is 0 Å². The van der Waals surface area contributed by atoms with Gasteiger partial charge in [-0.25, -0.2) is 4.79 Å². The molecule has 2 fully saturated rings. The third-order valence-electron chi connectivity index (χ3n) is 4.50. The monoisotopic (exact) mass is 274 g/mol. The molecule has 0 amide bonds. The number of carbonyl (C=O) groups excluding carboxylic acids is 1.